The summed E-state index contributed by atoms with van der Waals surface area (Å²) in [5.41, 5.74) is 3.07. The van der Waals surface area contributed by atoms with Crippen LogP contribution in [-0.4, -0.2) is 44.5 Å². The molecule has 1 unspecified atom stereocenters. The molecule has 4 nitrogen and oxygen atoms in total. The molecule has 5 heteroatoms. The number of carboxylic acids is 1. The van der Waals surface area contributed by atoms with Gasteiger partial charge in [-0.15, -0.1) is 0 Å². The normalized spacial score (nSPS) is 16.5. The molecule has 0 amide bonds. The smallest absolute Gasteiger partial charge is 1.00 e. The fraction of sp³-hybridized carbons (Fsp3) is 0.294. The van der Waals surface area contributed by atoms with Gasteiger partial charge < -0.3 is 12.5 Å². The summed E-state index contributed by atoms with van der Waals surface area (Å²) in [6.07, 6.45) is 1.42. The number of fused-ring (bicyclic) bond motifs is 1. The maximum Gasteiger partial charge on any atom is 2.00 e. The van der Waals surface area contributed by atoms with E-state index in [0.717, 1.165) is 17.7 Å². The third-order valence-electron chi connectivity index (χ3n) is 4.09. The third-order valence-corrected chi connectivity index (χ3v) is 4.09. The summed E-state index contributed by atoms with van der Waals surface area (Å²) in [5.74, 6) is -1.37. The van der Waals surface area contributed by atoms with E-state index in [1.165, 1.54) is 0 Å². The summed E-state index contributed by atoms with van der Waals surface area (Å²) in [5, 5.41) is 9.28. The molecule has 112 valence electrons. The summed E-state index contributed by atoms with van der Waals surface area (Å²) < 4.78 is 1.87. The van der Waals surface area contributed by atoms with Gasteiger partial charge in [-0.1, -0.05) is 29.8 Å². The zero-order valence-electron chi connectivity index (χ0n) is 14.6. The molecule has 1 aromatic carbocycles. The quantitative estimate of drug-likeness (QED) is 0.700. The molecule has 22 heavy (non-hydrogen) atoms. The zero-order chi connectivity index (χ0) is 15.0. The molecule has 0 bridgehead atoms. The summed E-state index contributed by atoms with van der Waals surface area (Å²) in [6, 6.07) is 11.0. The number of carbonyl (C=O) groups is 2. The Labute approximate surface area is 148 Å². The largest absolute Gasteiger partial charge is 2.00 e. The minimum Gasteiger partial charge on any atom is -1.00 e. The van der Waals surface area contributed by atoms with Crippen LogP contribution in [0.25, 0.3) is 0 Å². The number of hydrogen-bond acceptors (Lipinski definition) is 2. The van der Waals surface area contributed by atoms with Crippen LogP contribution in [0.4, 0.5) is 0 Å². The number of aliphatic carboxylic acids is 1. The minimum atomic E-state index is -0.816. The van der Waals surface area contributed by atoms with Crippen LogP contribution in [-0.2, 0) is 11.3 Å². The maximum absolute atomic E-state index is 12.6. The standard InChI is InChI=1S/C17H17NO3.Mg.2H/c1-11-4-6-12(7-5-11)16(19)15-9-8-14-13(17(20)21)3-2-10-18(14)15;;;/h4-9,13H,2-3,10H2,1H3,(H,20,21);;;/q;+2;2*-1. The first-order valence-corrected chi connectivity index (χ1v) is 7.11. The van der Waals surface area contributed by atoms with E-state index in [2.05, 4.69) is 0 Å². The van der Waals surface area contributed by atoms with Gasteiger partial charge in [-0.25, -0.2) is 0 Å². The van der Waals surface area contributed by atoms with E-state index >= 15 is 0 Å². The average molecular weight is 310 g/mol. The summed E-state index contributed by atoms with van der Waals surface area (Å²) in [7, 11) is 0. The molecule has 1 aromatic heterocycles. The van der Waals surface area contributed by atoms with Crippen LogP contribution in [0.5, 0.6) is 0 Å². The van der Waals surface area contributed by atoms with E-state index in [1.54, 1.807) is 12.1 Å². The van der Waals surface area contributed by atoms with E-state index < -0.39 is 11.9 Å². The predicted molar refractivity (Wildman–Crippen MR) is 86.6 cm³/mol. The topological polar surface area (TPSA) is 59.3 Å². The summed E-state index contributed by atoms with van der Waals surface area (Å²) in [6.45, 7) is 2.68. The first-order valence-electron chi connectivity index (χ1n) is 7.11. The Kier molecular flexibility index (Phi) is 5.08. The van der Waals surface area contributed by atoms with Crippen molar-refractivity contribution in [2.45, 2.75) is 32.2 Å². The Morgan fingerprint density at radius 1 is 1.18 bits per heavy atom. The molecule has 0 spiro atoms. The SMILES string of the molecule is Cc1ccc(C(=O)c2ccc3n2CCCC3C(=O)O)cc1.[H-].[H-].[Mg+2]. The van der Waals surface area contributed by atoms with Gasteiger partial charge in [-0.3, -0.25) is 9.59 Å². The van der Waals surface area contributed by atoms with Crippen molar-refractivity contribution in [3.8, 4) is 0 Å². The molecule has 2 aromatic rings. The fourth-order valence-corrected chi connectivity index (χ4v) is 2.94. The molecule has 1 aliphatic heterocycles. The Balaban J connectivity index is 0.00000176. The van der Waals surface area contributed by atoms with Crippen molar-refractivity contribution in [1.29, 1.82) is 0 Å². The maximum atomic E-state index is 12.6. The number of aromatic nitrogens is 1. The van der Waals surface area contributed by atoms with E-state index in [1.807, 2.05) is 35.8 Å². The monoisotopic (exact) mass is 309 g/mol. The third kappa shape index (κ3) is 2.96. The van der Waals surface area contributed by atoms with Crippen molar-refractivity contribution in [2.24, 2.45) is 0 Å². The molecule has 2 heterocycles. The molecule has 0 saturated carbocycles. The van der Waals surface area contributed by atoms with Crippen molar-refractivity contribution in [3.63, 3.8) is 0 Å². The minimum absolute atomic E-state index is 0. The van der Waals surface area contributed by atoms with E-state index in [4.69, 9.17) is 0 Å². The van der Waals surface area contributed by atoms with Crippen LogP contribution < -0.4 is 0 Å². The van der Waals surface area contributed by atoms with Gasteiger partial charge in [-0.05, 0) is 31.9 Å². The van der Waals surface area contributed by atoms with Gasteiger partial charge in [-0.2, -0.15) is 0 Å². The number of rotatable bonds is 3. The van der Waals surface area contributed by atoms with E-state index in [0.29, 0.717) is 24.2 Å². The van der Waals surface area contributed by atoms with Crippen molar-refractivity contribution in [1.82, 2.24) is 4.57 Å². The second-order valence-corrected chi connectivity index (χ2v) is 5.52. The summed E-state index contributed by atoms with van der Waals surface area (Å²) in [4.78, 5) is 23.9. The molecular weight excluding hydrogens is 290 g/mol. The zero-order valence-corrected chi connectivity index (χ0v) is 14.0. The number of aryl methyl sites for hydroxylation is 1. The van der Waals surface area contributed by atoms with Crippen molar-refractivity contribution < 1.29 is 17.5 Å². The van der Waals surface area contributed by atoms with Gasteiger partial charge in [0.15, 0.2) is 0 Å². The van der Waals surface area contributed by atoms with Crippen LogP contribution in [0.1, 0.15) is 48.9 Å². The van der Waals surface area contributed by atoms with Crippen LogP contribution in [0, 0.1) is 6.92 Å². The van der Waals surface area contributed by atoms with Gasteiger partial charge in [0, 0.05) is 17.8 Å². The van der Waals surface area contributed by atoms with Crippen molar-refractivity contribution in [3.05, 3.63) is 58.9 Å². The van der Waals surface area contributed by atoms with Gasteiger partial charge >= 0.3 is 29.0 Å². The number of carbonyl (C=O) groups excluding carboxylic acids is 1. The van der Waals surface area contributed by atoms with Crippen LogP contribution in [0.3, 0.4) is 0 Å². The van der Waals surface area contributed by atoms with Crippen molar-refractivity contribution >= 4 is 34.8 Å². The van der Waals surface area contributed by atoms with Gasteiger partial charge in [0.25, 0.3) is 0 Å². The molecule has 1 N–H and O–H groups in total. The molecule has 1 aliphatic rings. The molecule has 1 atom stereocenters. The fourth-order valence-electron chi connectivity index (χ4n) is 2.94. The molecule has 0 fully saturated rings. The number of carboxylic acid groups (broad SMARTS) is 1. The first kappa shape index (κ1) is 16.8. The summed E-state index contributed by atoms with van der Waals surface area (Å²) >= 11 is 0. The molecule has 0 saturated heterocycles. The first-order chi connectivity index (χ1) is 10.1. The number of ketones is 1. The molecule has 0 aliphatic carbocycles. The second kappa shape index (κ2) is 6.67. The Hall–Kier alpha value is -1.59. The molecule has 0 radical (unpaired) electrons. The number of hydrogen-bond donors (Lipinski definition) is 1. The average Bonchev–Trinajstić information content (AvgIpc) is 2.90. The molecular formula is C17H19MgNO3. The van der Waals surface area contributed by atoms with Crippen molar-refractivity contribution in [2.75, 3.05) is 0 Å². The number of benzene rings is 1. The Morgan fingerprint density at radius 3 is 2.50 bits per heavy atom. The molecule has 3 rings (SSSR count). The van der Waals surface area contributed by atoms with E-state index in [-0.39, 0.29) is 31.7 Å². The Bertz CT molecular complexity index is 713. The second-order valence-electron chi connectivity index (χ2n) is 5.52. The van der Waals surface area contributed by atoms with E-state index in [9.17, 15) is 14.7 Å². The van der Waals surface area contributed by atoms with Crippen LogP contribution in [0.15, 0.2) is 36.4 Å². The van der Waals surface area contributed by atoms with Gasteiger partial charge in [0.2, 0.25) is 5.78 Å². The Morgan fingerprint density at radius 2 is 1.86 bits per heavy atom. The predicted octanol–water partition coefficient (Wildman–Crippen LogP) is 2.83. The van der Waals surface area contributed by atoms with Gasteiger partial charge in [0.05, 0.1) is 11.6 Å². The van der Waals surface area contributed by atoms with Gasteiger partial charge in [0.1, 0.15) is 0 Å². The van der Waals surface area contributed by atoms with Crippen LogP contribution in [0.2, 0.25) is 0 Å². The number of nitrogens with zero attached hydrogens (tertiary/aromatic N) is 1. The van der Waals surface area contributed by atoms with Crippen LogP contribution >= 0.6 is 0 Å².